The molecule has 3 heteroatoms. The number of hydrogen-bond donors (Lipinski definition) is 1. The first-order valence-electron chi connectivity index (χ1n) is 7.63. The predicted molar refractivity (Wildman–Crippen MR) is 81.1 cm³/mol. The quantitative estimate of drug-likeness (QED) is 0.912. The minimum atomic E-state index is -0.0337. The maximum absolute atomic E-state index is 12.7. The van der Waals surface area contributed by atoms with Gasteiger partial charge in [-0.05, 0) is 43.2 Å². The summed E-state index contributed by atoms with van der Waals surface area (Å²) in [6, 6.07) is 5.77. The highest BCUT2D eigenvalue weighted by molar-refractivity contribution is 5.80. The summed E-state index contributed by atoms with van der Waals surface area (Å²) in [7, 11) is 0. The minimum Gasteiger partial charge on any atom is -0.348 e. The minimum absolute atomic E-state index is 0.0337. The Morgan fingerprint density at radius 1 is 1.45 bits per heavy atom. The third-order valence-electron chi connectivity index (χ3n) is 4.66. The number of pyridine rings is 1. The molecule has 2 rings (SSSR count). The Labute approximate surface area is 122 Å². The summed E-state index contributed by atoms with van der Waals surface area (Å²) >= 11 is 0. The first kappa shape index (κ1) is 15.0. The van der Waals surface area contributed by atoms with E-state index >= 15 is 0 Å². The van der Waals surface area contributed by atoms with E-state index in [1.807, 2.05) is 25.1 Å². The summed E-state index contributed by atoms with van der Waals surface area (Å²) in [5.41, 5.74) is 1.01. The van der Waals surface area contributed by atoms with Crippen molar-refractivity contribution in [1.82, 2.24) is 10.3 Å². The topological polar surface area (TPSA) is 42.0 Å². The van der Waals surface area contributed by atoms with E-state index in [1.165, 1.54) is 6.42 Å². The van der Waals surface area contributed by atoms with Crippen LogP contribution in [0.25, 0.3) is 0 Å². The second-order valence-electron chi connectivity index (χ2n) is 6.82. The SMILES string of the molecule is CC(NC(=O)[C@@H]1[C@@H](C)CCCC1(C)C)c1ccccn1. The monoisotopic (exact) mass is 274 g/mol. The van der Waals surface area contributed by atoms with E-state index in [0.717, 1.165) is 18.5 Å². The van der Waals surface area contributed by atoms with Crippen molar-refractivity contribution in [3.8, 4) is 0 Å². The molecule has 110 valence electrons. The van der Waals surface area contributed by atoms with Gasteiger partial charge in [0.25, 0.3) is 0 Å². The van der Waals surface area contributed by atoms with Gasteiger partial charge in [-0.1, -0.05) is 33.3 Å². The molecular weight excluding hydrogens is 248 g/mol. The van der Waals surface area contributed by atoms with Crippen LogP contribution in [-0.4, -0.2) is 10.9 Å². The summed E-state index contributed by atoms with van der Waals surface area (Å²) < 4.78 is 0. The number of hydrogen-bond acceptors (Lipinski definition) is 2. The van der Waals surface area contributed by atoms with Crippen LogP contribution in [0.3, 0.4) is 0 Å². The maximum atomic E-state index is 12.7. The lowest BCUT2D eigenvalue weighted by Crippen LogP contribution is -2.45. The van der Waals surface area contributed by atoms with E-state index in [-0.39, 0.29) is 23.3 Å². The second kappa shape index (κ2) is 5.94. The Balaban J connectivity index is 2.07. The van der Waals surface area contributed by atoms with Crippen LogP contribution in [-0.2, 0) is 4.79 Å². The van der Waals surface area contributed by atoms with E-state index in [2.05, 4.69) is 31.1 Å². The molecule has 0 aliphatic heterocycles. The van der Waals surface area contributed by atoms with Gasteiger partial charge in [-0.25, -0.2) is 0 Å². The van der Waals surface area contributed by atoms with Crippen LogP contribution in [0.15, 0.2) is 24.4 Å². The summed E-state index contributed by atoms with van der Waals surface area (Å²) in [6.07, 6.45) is 5.28. The molecule has 1 heterocycles. The lowest BCUT2D eigenvalue weighted by molar-refractivity contribution is -0.133. The van der Waals surface area contributed by atoms with Crippen molar-refractivity contribution in [2.75, 3.05) is 0 Å². The molecule has 0 saturated heterocycles. The van der Waals surface area contributed by atoms with Crippen LogP contribution in [0.4, 0.5) is 0 Å². The molecule has 0 spiro atoms. The maximum Gasteiger partial charge on any atom is 0.224 e. The fraction of sp³-hybridized carbons (Fsp3) is 0.647. The van der Waals surface area contributed by atoms with Crippen LogP contribution >= 0.6 is 0 Å². The van der Waals surface area contributed by atoms with Gasteiger partial charge in [0.2, 0.25) is 5.91 Å². The predicted octanol–water partition coefficient (Wildman–Crippen LogP) is 3.72. The lowest BCUT2D eigenvalue weighted by atomic mass is 9.64. The zero-order valence-corrected chi connectivity index (χ0v) is 13.0. The fourth-order valence-electron chi connectivity index (χ4n) is 3.59. The zero-order chi connectivity index (χ0) is 14.8. The van der Waals surface area contributed by atoms with Gasteiger partial charge in [0.05, 0.1) is 11.7 Å². The average Bonchev–Trinajstić information content (AvgIpc) is 2.38. The largest absolute Gasteiger partial charge is 0.348 e. The van der Waals surface area contributed by atoms with E-state index < -0.39 is 0 Å². The van der Waals surface area contributed by atoms with Crippen molar-refractivity contribution in [1.29, 1.82) is 0 Å². The summed E-state index contributed by atoms with van der Waals surface area (Å²) in [5, 5.41) is 3.15. The number of nitrogens with one attached hydrogen (secondary N) is 1. The molecule has 20 heavy (non-hydrogen) atoms. The molecule has 1 unspecified atom stereocenters. The van der Waals surface area contributed by atoms with Gasteiger partial charge in [0, 0.05) is 12.1 Å². The molecule has 0 bridgehead atoms. The molecule has 3 nitrogen and oxygen atoms in total. The third kappa shape index (κ3) is 3.20. The Morgan fingerprint density at radius 3 is 2.80 bits per heavy atom. The van der Waals surface area contributed by atoms with Crippen molar-refractivity contribution in [3.05, 3.63) is 30.1 Å². The van der Waals surface area contributed by atoms with Gasteiger partial charge in [-0.2, -0.15) is 0 Å². The van der Waals surface area contributed by atoms with Gasteiger partial charge in [-0.15, -0.1) is 0 Å². The Morgan fingerprint density at radius 2 is 2.20 bits per heavy atom. The van der Waals surface area contributed by atoms with Crippen molar-refractivity contribution in [2.24, 2.45) is 17.3 Å². The molecule has 1 aliphatic rings. The first-order valence-corrected chi connectivity index (χ1v) is 7.63. The van der Waals surface area contributed by atoms with Crippen molar-refractivity contribution in [2.45, 2.75) is 53.0 Å². The standard InChI is InChI=1S/C17H26N2O/c1-12-8-7-10-17(3,4)15(12)16(20)19-13(2)14-9-5-6-11-18-14/h5-6,9,11-13,15H,7-8,10H2,1-4H3,(H,19,20)/t12-,13?,15-/m0/s1. The van der Waals surface area contributed by atoms with E-state index in [1.54, 1.807) is 6.20 Å². The van der Waals surface area contributed by atoms with Gasteiger partial charge >= 0.3 is 0 Å². The van der Waals surface area contributed by atoms with Gasteiger partial charge in [0.15, 0.2) is 0 Å². The number of amides is 1. The molecule has 1 aliphatic carbocycles. The molecule has 3 atom stereocenters. The smallest absolute Gasteiger partial charge is 0.224 e. The molecule has 1 fully saturated rings. The van der Waals surface area contributed by atoms with Crippen LogP contribution in [0.5, 0.6) is 0 Å². The van der Waals surface area contributed by atoms with Crippen LogP contribution in [0.2, 0.25) is 0 Å². The number of aromatic nitrogens is 1. The van der Waals surface area contributed by atoms with E-state index in [4.69, 9.17) is 0 Å². The fourth-order valence-corrected chi connectivity index (χ4v) is 3.59. The molecule has 1 amide bonds. The van der Waals surface area contributed by atoms with E-state index in [0.29, 0.717) is 5.92 Å². The summed E-state index contributed by atoms with van der Waals surface area (Å²) in [6.45, 7) is 8.65. The highest BCUT2D eigenvalue weighted by Crippen LogP contribution is 2.44. The molecule has 1 aromatic rings. The Kier molecular flexibility index (Phi) is 4.46. The number of rotatable bonds is 3. The van der Waals surface area contributed by atoms with Gasteiger partial charge in [0.1, 0.15) is 0 Å². The average molecular weight is 274 g/mol. The van der Waals surface area contributed by atoms with Gasteiger partial charge < -0.3 is 5.32 Å². The number of carbonyl (C=O) groups is 1. The number of carbonyl (C=O) groups excluding carboxylic acids is 1. The lowest BCUT2D eigenvalue weighted by Gasteiger charge is -2.42. The van der Waals surface area contributed by atoms with Gasteiger partial charge in [-0.3, -0.25) is 9.78 Å². The van der Waals surface area contributed by atoms with Crippen LogP contribution < -0.4 is 5.32 Å². The Bertz CT molecular complexity index is 455. The Hall–Kier alpha value is -1.38. The molecule has 1 N–H and O–H groups in total. The highest BCUT2D eigenvalue weighted by atomic mass is 16.2. The summed E-state index contributed by atoms with van der Waals surface area (Å²) in [4.78, 5) is 17.0. The van der Waals surface area contributed by atoms with Crippen LogP contribution in [0.1, 0.15) is 58.7 Å². The molecule has 1 saturated carbocycles. The van der Waals surface area contributed by atoms with Crippen LogP contribution in [0, 0.1) is 17.3 Å². The van der Waals surface area contributed by atoms with Crippen molar-refractivity contribution in [3.63, 3.8) is 0 Å². The van der Waals surface area contributed by atoms with Crippen molar-refractivity contribution < 1.29 is 4.79 Å². The first-order chi connectivity index (χ1) is 9.42. The zero-order valence-electron chi connectivity index (χ0n) is 13.0. The third-order valence-corrected chi connectivity index (χ3v) is 4.66. The second-order valence-corrected chi connectivity index (χ2v) is 6.82. The van der Waals surface area contributed by atoms with Crippen molar-refractivity contribution >= 4 is 5.91 Å². The van der Waals surface area contributed by atoms with E-state index in [9.17, 15) is 4.79 Å². The molecule has 0 radical (unpaired) electrons. The molecule has 0 aromatic carbocycles. The molecular formula is C17H26N2O. The highest BCUT2D eigenvalue weighted by Gasteiger charge is 2.41. The number of nitrogens with zero attached hydrogens (tertiary/aromatic N) is 1. The normalized spacial score (nSPS) is 26.8. The summed E-state index contributed by atoms with van der Waals surface area (Å²) in [5.74, 6) is 0.734. The molecule has 1 aromatic heterocycles.